The number of ether oxygens (including phenoxy) is 2. The minimum atomic E-state index is -1.44. The lowest BCUT2D eigenvalue weighted by molar-refractivity contribution is -0.112. The second-order valence-corrected chi connectivity index (χ2v) is 9.19. The van der Waals surface area contributed by atoms with Gasteiger partial charge in [-0.05, 0) is 79.1 Å². The van der Waals surface area contributed by atoms with Gasteiger partial charge in [0.2, 0.25) is 0 Å². The number of methoxy groups -OCH3 is 1. The van der Waals surface area contributed by atoms with E-state index in [2.05, 4.69) is 9.97 Å². The van der Waals surface area contributed by atoms with Crippen LogP contribution in [0.3, 0.4) is 0 Å². The van der Waals surface area contributed by atoms with E-state index in [1.54, 1.807) is 54.9 Å². The Morgan fingerprint density at radius 2 is 1.75 bits per heavy atom. The van der Waals surface area contributed by atoms with Gasteiger partial charge in [-0.1, -0.05) is 30.3 Å². The summed E-state index contributed by atoms with van der Waals surface area (Å²) in [7, 11) is 1.32. The van der Waals surface area contributed by atoms with Crippen LogP contribution in [0.25, 0.3) is 6.08 Å². The Hall–Kier alpha value is -3.75. The van der Waals surface area contributed by atoms with Gasteiger partial charge < -0.3 is 14.6 Å². The van der Waals surface area contributed by atoms with Gasteiger partial charge in [-0.3, -0.25) is 4.79 Å². The molecule has 4 rings (SSSR count). The fourth-order valence-corrected chi connectivity index (χ4v) is 4.68. The smallest absolute Gasteiger partial charge is 0.337 e. The summed E-state index contributed by atoms with van der Waals surface area (Å²) in [6.07, 6.45) is 8.18. The number of Topliss-reactive ketones (excluding diaryl/α,β-unsaturated/α-hetero) is 1. The van der Waals surface area contributed by atoms with Crippen molar-refractivity contribution in [2.75, 3.05) is 13.7 Å². The van der Waals surface area contributed by atoms with Gasteiger partial charge in [0.25, 0.3) is 0 Å². The summed E-state index contributed by atoms with van der Waals surface area (Å²) < 4.78 is 10.5. The highest BCUT2D eigenvalue weighted by molar-refractivity contribution is 8.03. The van der Waals surface area contributed by atoms with Crippen molar-refractivity contribution in [1.29, 1.82) is 0 Å². The maximum atomic E-state index is 13.4. The Morgan fingerprint density at radius 1 is 1.03 bits per heavy atom. The van der Waals surface area contributed by atoms with E-state index in [4.69, 9.17) is 9.47 Å². The number of nitrogens with zero attached hydrogens (tertiary/aromatic N) is 2. The molecule has 0 amide bonds. The molecule has 0 saturated carbocycles. The molecule has 1 heterocycles. The third kappa shape index (κ3) is 6.27. The van der Waals surface area contributed by atoms with Gasteiger partial charge in [-0.2, -0.15) is 0 Å². The summed E-state index contributed by atoms with van der Waals surface area (Å²) in [6, 6.07) is 17.9. The molecular weight excluding hydrogens is 476 g/mol. The molecule has 7 nitrogen and oxygen atoms in total. The molecule has 1 aliphatic carbocycles. The van der Waals surface area contributed by atoms with Crippen LogP contribution in [0.1, 0.15) is 35.2 Å². The number of para-hydroxylation sites is 1. The number of carbonyl (C=O) groups excluding carboxylic acids is 2. The van der Waals surface area contributed by atoms with Crippen molar-refractivity contribution in [3.05, 3.63) is 101 Å². The normalized spacial score (nSPS) is 18.2. The van der Waals surface area contributed by atoms with Crippen molar-refractivity contribution in [1.82, 2.24) is 9.97 Å². The molecular formula is C28H26N2O5S. The topological polar surface area (TPSA) is 98.6 Å². The first-order chi connectivity index (χ1) is 17.5. The van der Waals surface area contributed by atoms with Crippen LogP contribution < -0.4 is 4.74 Å². The van der Waals surface area contributed by atoms with E-state index in [1.165, 1.54) is 7.11 Å². The molecule has 1 aliphatic rings. The molecule has 184 valence electrons. The number of rotatable bonds is 10. The number of aliphatic hydroxyl groups is 1. The Labute approximate surface area is 213 Å². The highest BCUT2D eigenvalue weighted by Gasteiger charge is 2.42. The monoisotopic (exact) mass is 502 g/mol. The maximum Gasteiger partial charge on any atom is 0.337 e. The zero-order valence-electron chi connectivity index (χ0n) is 19.8. The first kappa shape index (κ1) is 25.3. The predicted octanol–water partition coefficient (Wildman–Crippen LogP) is 4.89. The molecule has 1 N–H and O–H groups in total. The van der Waals surface area contributed by atoms with Crippen molar-refractivity contribution in [2.45, 2.75) is 30.0 Å². The zero-order chi connectivity index (χ0) is 25.4. The van der Waals surface area contributed by atoms with Gasteiger partial charge >= 0.3 is 5.97 Å². The van der Waals surface area contributed by atoms with Crippen LogP contribution >= 0.6 is 11.8 Å². The SMILES string of the molecule is COC(=O)c1ccc(/C=C2/C(=O)C(Sc3ncccn3)=CC2(O)CCCCOc2ccccc2)cc1. The number of hydrogen-bond acceptors (Lipinski definition) is 8. The second-order valence-electron chi connectivity index (χ2n) is 8.19. The van der Waals surface area contributed by atoms with E-state index in [-0.39, 0.29) is 11.4 Å². The van der Waals surface area contributed by atoms with E-state index in [9.17, 15) is 14.7 Å². The first-order valence-corrected chi connectivity index (χ1v) is 12.3. The zero-order valence-corrected chi connectivity index (χ0v) is 20.6. The van der Waals surface area contributed by atoms with E-state index >= 15 is 0 Å². The van der Waals surface area contributed by atoms with E-state index in [0.717, 1.165) is 17.5 Å². The standard InChI is InChI=1S/C28H26N2O5S/c1-34-26(32)21-12-10-20(11-13-21)18-23-25(31)24(36-27-29-15-7-16-30-27)19-28(23,33)14-5-6-17-35-22-8-3-2-4-9-22/h2-4,7-13,15-16,18-19,33H,5-6,14,17H2,1H3/b23-18-. The lowest BCUT2D eigenvalue weighted by Gasteiger charge is -2.22. The van der Waals surface area contributed by atoms with Crippen LogP contribution in [0.2, 0.25) is 0 Å². The van der Waals surface area contributed by atoms with Crippen molar-refractivity contribution >= 4 is 29.6 Å². The number of aromatic nitrogens is 2. The van der Waals surface area contributed by atoms with Crippen LogP contribution in [-0.4, -0.2) is 46.1 Å². The lowest BCUT2D eigenvalue weighted by atomic mass is 9.89. The highest BCUT2D eigenvalue weighted by Crippen LogP contribution is 2.41. The van der Waals surface area contributed by atoms with Gasteiger partial charge in [0.05, 0.1) is 24.2 Å². The predicted molar refractivity (Wildman–Crippen MR) is 137 cm³/mol. The number of hydrogen-bond donors (Lipinski definition) is 1. The molecule has 1 aromatic heterocycles. The molecule has 8 heteroatoms. The minimum Gasteiger partial charge on any atom is -0.494 e. The third-order valence-electron chi connectivity index (χ3n) is 5.65. The number of benzene rings is 2. The number of esters is 1. The summed E-state index contributed by atoms with van der Waals surface area (Å²) in [4.78, 5) is 33.8. The van der Waals surface area contributed by atoms with Crippen molar-refractivity contribution < 1.29 is 24.2 Å². The molecule has 1 unspecified atom stereocenters. The average Bonchev–Trinajstić information content (AvgIpc) is 3.14. The molecule has 0 fully saturated rings. The number of carbonyl (C=O) groups is 2. The average molecular weight is 503 g/mol. The van der Waals surface area contributed by atoms with Crippen LogP contribution in [0.5, 0.6) is 5.75 Å². The minimum absolute atomic E-state index is 0.271. The van der Waals surface area contributed by atoms with Crippen molar-refractivity contribution in [3.63, 3.8) is 0 Å². The Morgan fingerprint density at radius 3 is 2.44 bits per heavy atom. The maximum absolute atomic E-state index is 13.4. The highest BCUT2D eigenvalue weighted by atomic mass is 32.2. The molecule has 0 radical (unpaired) electrons. The number of allylic oxidation sites excluding steroid dienone is 1. The summed E-state index contributed by atoms with van der Waals surface area (Å²) in [5.41, 5.74) is -0.0769. The molecule has 1 atom stereocenters. The fourth-order valence-electron chi connectivity index (χ4n) is 3.80. The van der Waals surface area contributed by atoms with Gasteiger partial charge in [-0.15, -0.1) is 0 Å². The molecule has 0 saturated heterocycles. The van der Waals surface area contributed by atoms with Crippen molar-refractivity contribution in [2.24, 2.45) is 0 Å². The molecule has 2 aromatic carbocycles. The Balaban J connectivity index is 1.51. The summed E-state index contributed by atoms with van der Waals surface area (Å²) in [5, 5.41) is 12.0. The number of ketones is 1. The number of thioether (sulfide) groups is 1. The van der Waals surface area contributed by atoms with E-state index in [1.807, 2.05) is 30.3 Å². The Bertz CT molecular complexity index is 1260. The summed E-state index contributed by atoms with van der Waals surface area (Å²) in [6.45, 7) is 0.505. The van der Waals surface area contributed by atoms with Gasteiger partial charge in [-0.25, -0.2) is 14.8 Å². The Kier molecular flexibility index (Phi) is 8.30. The van der Waals surface area contributed by atoms with Crippen molar-refractivity contribution in [3.8, 4) is 5.75 Å². The molecule has 3 aromatic rings. The molecule has 0 aliphatic heterocycles. The van der Waals surface area contributed by atoms with Gasteiger partial charge in [0.1, 0.15) is 11.4 Å². The molecule has 36 heavy (non-hydrogen) atoms. The van der Waals surface area contributed by atoms with Crippen LogP contribution in [0.4, 0.5) is 0 Å². The van der Waals surface area contributed by atoms with E-state index in [0.29, 0.717) is 47.1 Å². The van der Waals surface area contributed by atoms with Crippen LogP contribution in [-0.2, 0) is 9.53 Å². The molecule has 0 spiro atoms. The largest absolute Gasteiger partial charge is 0.494 e. The van der Waals surface area contributed by atoms with Crippen LogP contribution in [0.15, 0.2) is 94.8 Å². The number of unbranched alkanes of at least 4 members (excludes halogenated alkanes) is 1. The quantitative estimate of drug-likeness (QED) is 0.181. The third-order valence-corrected chi connectivity index (χ3v) is 6.57. The van der Waals surface area contributed by atoms with Gasteiger partial charge in [0.15, 0.2) is 10.9 Å². The first-order valence-electron chi connectivity index (χ1n) is 11.5. The molecule has 0 bridgehead atoms. The summed E-state index contributed by atoms with van der Waals surface area (Å²) >= 11 is 1.13. The fraction of sp³-hybridized carbons (Fsp3) is 0.214. The summed E-state index contributed by atoms with van der Waals surface area (Å²) in [5.74, 6) is 0.0841. The van der Waals surface area contributed by atoms with Gasteiger partial charge in [0, 0.05) is 18.0 Å². The van der Waals surface area contributed by atoms with E-state index < -0.39 is 11.6 Å². The lowest BCUT2D eigenvalue weighted by Crippen LogP contribution is -2.28. The second kappa shape index (κ2) is 11.8. The van der Waals surface area contributed by atoms with Crippen LogP contribution in [0, 0.1) is 0 Å².